The van der Waals surface area contributed by atoms with Crippen molar-refractivity contribution in [2.24, 2.45) is 0 Å². The van der Waals surface area contributed by atoms with Crippen LogP contribution in [0.25, 0.3) is 0 Å². The monoisotopic (exact) mass is 438 g/mol. The Labute approximate surface area is 188 Å². The van der Waals surface area contributed by atoms with Crippen LogP contribution in [0.3, 0.4) is 0 Å². The van der Waals surface area contributed by atoms with Crippen molar-refractivity contribution in [3.05, 3.63) is 46.9 Å². The number of benzene rings is 1. The molecule has 0 spiro atoms. The Hall–Kier alpha value is -3.00. The number of hydrogen-bond acceptors (Lipinski definition) is 6. The highest BCUT2D eigenvalue weighted by molar-refractivity contribution is 5.95. The lowest BCUT2D eigenvalue weighted by Crippen LogP contribution is -2.40. The summed E-state index contributed by atoms with van der Waals surface area (Å²) in [6, 6.07) is 7.82. The number of amides is 2. The van der Waals surface area contributed by atoms with Gasteiger partial charge in [-0.3, -0.25) is 14.5 Å². The Morgan fingerprint density at radius 2 is 2.06 bits per heavy atom. The third kappa shape index (κ3) is 4.75. The van der Waals surface area contributed by atoms with Crippen molar-refractivity contribution >= 4 is 17.6 Å². The molecule has 0 N–H and O–H groups in total. The number of para-hydroxylation sites is 1. The predicted molar refractivity (Wildman–Crippen MR) is 120 cm³/mol. The molecular weight excluding hydrogens is 408 g/mol. The number of ether oxygens (including phenoxy) is 2. The lowest BCUT2D eigenvalue weighted by Gasteiger charge is -2.30. The second-order valence-electron chi connectivity index (χ2n) is 8.38. The quantitative estimate of drug-likeness (QED) is 0.661. The van der Waals surface area contributed by atoms with Crippen LogP contribution in [0.15, 0.2) is 24.3 Å². The van der Waals surface area contributed by atoms with Gasteiger partial charge >= 0.3 is 0 Å². The van der Waals surface area contributed by atoms with Gasteiger partial charge in [0.05, 0.1) is 13.1 Å². The van der Waals surface area contributed by atoms with Crippen molar-refractivity contribution in [3.8, 4) is 5.75 Å². The van der Waals surface area contributed by atoms with Gasteiger partial charge in [0.15, 0.2) is 0 Å². The average Bonchev–Trinajstić information content (AvgIpc) is 3.31. The summed E-state index contributed by atoms with van der Waals surface area (Å²) in [7, 11) is 1.74. The van der Waals surface area contributed by atoms with E-state index in [4.69, 9.17) is 14.5 Å². The molecule has 0 bridgehead atoms. The lowest BCUT2D eigenvalue weighted by atomic mass is 10.0. The van der Waals surface area contributed by atoms with E-state index in [0.717, 1.165) is 35.4 Å². The van der Waals surface area contributed by atoms with Crippen molar-refractivity contribution in [3.63, 3.8) is 0 Å². The molecule has 1 unspecified atom stereocenters. The fraction of sp³-hybridized carbons (Fsp3) is 0.500. The van der Waals surface area contributed by atoms with E-state index in [1.54, 1.807) is 16.8 Å². The van der Waals surface area contributed by atoms with Gasteiger partial charge in [-0.05, 0) is 44.7 Å². The molecule has 0 saturated carbocycles. The Kier molecular flexibility index (Phi) is 6.69. The molecule has 1 aromatic carbocycles. The minimum absolute atomic E-state index is 0.0266. The molecule has 2 amide bonds. The molecule has 170 valence electrons. The van der Waals surface area contributed by atoms with Gasteiger partial charge in [0, 0.05) is 31.3 Å². The zero-order valence-corrected chi connectivity index (χ0v) is 19.0. The topological polar surface area (TPSA) is 84.9 Å². The van der Waals surface area contributed by atoms with E-state index in [2.05, 4.69) is 4.98 Å². The van der Waals surface area contributed by atoms with Gasteiger partial charge in [-0.2, -0.15) is 0 Å². The number of fused-ring (bicyclic) bond motifs is 1. The summed E-state index contributed by atoms with van der Waals surface area (Å²) < 4.78 is 11.4. The number of rotatable bonds is 7. The first-order valence-corrected chi connectivity index (χ1v) is 11.2. The molecule has 8 nitrogen and oxygen atoms in total. The highest BCUT2D eigenvalue weighted by atomic mass is 16.5. The minimum atomic E-state index is -0.379. The van der Waals surface area contributed by atoms with E-state index in [1.807, 2.05) is 38.1 Å². The second-order valence-corrected chi connectivity index (χ2v) is 8.38. The van der Waals surface area contributed by atoms with Gasteiger partial charge in [-0.15, -0.1) is 0 Å². The number of carbonyl (C=O) groups excluding carboxylic acids is 2. The maximum atomic E-state index is 12.7. The summed E-state index contributed by atoms with van der Waals surface area (Å²) in [5.41, 5.74) is 2.88. The summed E-state index contributed by atoms with van der Waals surface area (Å²) in [6.45, 7) is 5.60. The normalized spacial score (nSPS) is 17.9. The van der Waals surface area contributed by atoms with Crippen molar-refractivity contribution in [1.29, 1.82) is 0 Å². The number of likely N-dealkylation sites (N-methyl/N-ethyl adjacent to an activating group) is 1. The van der Waals surface area contributed by atoms with Crippen LogP contribution >= 0.6 is 0 Å². The Morgan fingerprint density at radius 3 is 2.81 bits per heavy atom. The first kappa shape index (κ1) is 22.2. The summed E-state index contributed by atoms with van der Waals surface area (Å²) in [5.74, 6) is 1.94. The number of carbonyl (C=O) groups is 2. The molecule has 0 radical (unpaired) electrons. The second kappa shape index (κ2) is 9.65. The fourth-order valence-electron chi connectivity index (χ4n) is 4.21. The van der Waals surface area contributed by atoms with Gasteiger partial charge in [-0.25, -0.2) is 9.97 Å². The maximum Gasteiger partial charge on any atom is 0.251 e. The number of anilines is 1. The molecule has 4 rings (SSSR count). The molecule has 1 aromatic heterocycles. The lowest BCUT2D eigenvalue weighted by molar-refractivity contribution is -0.140. The van der Waals surface area contributed by atoms with Crippen molar-refractivity contribution < 1.29 is 19.1 Å². The molecule has 1 fully saturated rings. The maximum absolute atomic E-state index is 12.7. The number of nitrogens with zero attached hydrogens (tertiary/aromatic N) is 4. The van der Waals surface area contributed by atoms with Crippen LogP contribution in [0, 0.1) is 13.8 Å². The third-order valence-corrected chi connectivity index (χ3v) is 6.01. The van der Waals surface area contributed by atoms with E-state index in [0.29, 0.717) is 44.2 Å². The molecule has 32 heavy (non-hydrogen) atoms. The Balaban J connectivity index is 1.49. The summed E-state index contributed by atoms with van der Waals surface area (Å²) in [4.78, 5) is 37.9. The van der Waals surface area contributed by atoms with E-state index < -0.39 is 0 Å². The van der Waals surface area contributed by atoms with Crippen LogP contribution < -0.4 is 9.64 Å². The highest BCUT2D eigenvalue weighted by Gasteiger charge is 2.30. The molecule has 2 aliphatic rings. The zero-order chi connectivity index (χ0) is 22.7. The summed E-state index contributed by atoms with van der Waals surface area (Å²) >= 11 is 0. The summed E-state index contributed by atoms with van der Waals surface area (Å²) in [6.07, 6.45) is 2.32. The van der Waals surface area contributed by atoms with E-state index in [1.165, 1.54) is 0 Å². The van der Waals surface area contributed by atoms with Gasteiger partial charge in [-0.1, -0.05) is 18.2 Å². The average molecular weight is 439 g/mol. The molecule has 8 heteroatoms. The highest BCUT2D eigenvalue weighted by Crippen LogP contribution is 2.28. The van der Waals surface area contributed by atoms with Gasteiger partial charge < -0.3 is 14.4 Å². The van der Waals surface area contributed by atoms with E-state index in [-0.39, 0.29) is 24.5 Å². The van der Waals surface area contributed by atoms with Gasteiger partial charge in [0.25, 0.3) is 5.91 Å². The SMILES string of the molecule is Cc1ccccc1OCCN1C(=O)CCc2c(C)nc(CN(C)C(=O)C3CCCO3)nc21. The Morgan fingerprint density at radius 1 is 1.25 bits per heavy atom. The zero-order valence-electron chi connectivity index (χ0n) is 19.0. The molecule has 1 atom stereocenters. The molecule has 0 aliphatic carbocycles. The number of aryl methyl sites for hydroxylation is 2. The molecule has 2 aromatic rings. The van der Waals surface area contributed by atoms with E-state index >= 15 is 0 Å². The first-order chi connectivity index (χ1) is 15.4. The molecule has 2 aliphatic heterocycles. The van der Waals surface area contributed by atoms with E-state index in [9.17, 15) is 9.59 Å². The van der Waals surface area contributed by atoms with Gasteiger partial charge in [0.1, 0.15) is 30.1 Å². The number of hydrogen-bond donors (Lipinski definition) is 0. The summed E-state index contributed by atoms with van der Waals surface area (Å²) in [5, 5.41) is 0. The van der Waals surface area contributed by atoms with Gasteiger partial charge in [0.2, 0.25) is 5.91 Å². The molecule has 1 saturated heterocycles. The fourth-order valence-corrected chi connectivity index (χ4v) is 4.21. The largest absolute Gasteiger partial charge is 0.491 e. The van der Waals surface area contributed by atoms with Crippen LogP contribution in [0.2, 0.25) is 0 Å². The van der Waals surface area contributed by atoms with Crippen LogP contribution in [0.1, 0.15) is 41.9 Å². The van der Waals surface area contributed by atoms with Crippen molar-refractivity contribution in [2.75, 3.05) is 31.7 Å². The molecular formula is C24H30N4O4. The minimum Gasteiger partial charge on any atom is -0.491 e. The van der Waals surface area contributed by atoms with Crippen molar-refractivity contribution in [1.82, 2.24) is 14.9 Å². The standard InChI is InChI=1S/C24H30N4O4/c1-16-7-4-5-8-19(16)32-14-12-28-22(29)11-10-18-17(2)25-21(26-23(18)28)15-27(3)24(30)20-9-6-13-31-20/h4-5,7-8,20H,6,9-15H2,1-3H3. The molecule has 3 heterocycles. The number of aromatic nitrogens is 2. The third-order valence-electron chi connectivity index (χ3n) is 6.01. The van der Waals surface area contributed by atoms with Crippen LogP contribution in [0.5, 0.6) is 5.75 Å². The van der Waals surface area contributed by atoms with Crippen LogP contribution in [-0.4, -0.2) is 59.6 Å². The first-order valence-electron chi connectivity index (χ1n) is 11.2. The van der Waals surface area contributed by atoms with Crippen LogP contribution in [-0.2, 0) is 27.3 Å². The Bertz CT molecular complexity index is 1000. The van der Waals surface area contributed by atoms with Crippen molar-refractivity contribution in [2.45, 2.75) is 52.2 Å². The smallest absolute Gasteiger partial charge is 0.251 e. The predicted octanol–water partition coefficient (Wildman–Crippen LogP) is 2.59. The van der Waals surface area contributed by atoms with Crippen LogP contribution in [0.4, 0.5) is 5.82 Å².